The summed E-state index contributed by atoms with van der Waals surface area (Å²) in [6, 6.07) is 3.44. The van der Waals surface area contributed by atoms with Gasteiger partial charge in [-0.1, -0.05) is 11.8 Å². The van der Waals surface area contributed by atoms with Crippen molar-refractivity contribution in [2.75, 3.05) is 0 Å². The van der Waals surface area contributed by atoms with Gasteiger partial charge in [-0.05, 0) is 6.07 Å². The number of nitrogens with zero attached hydrogens (tertiary/aromatic N) is 1. The molecule has 0 aliphatic rings. The highest BCUT2D eigenvalue weighted by Gasteiger charge is 2.11. The molecule has 0 saturated carbocycles. The molecule has 0 heterocycles. The Labute approximate surface area is 101 Å². The Morgan fingerprint density at radius 3 is 2.56 bits per heavy atom. The molecule has 0 aliphatic carbocycles. The van der Waals surface area contributed by atoms with Crippen molar-refractivity contribution in [3.8, 4) is 11.8 Å². The SMILES string of the molecule is NC(=O)c1cc(C#CCC(=O)O)cc([N+](=O)[O-])c1. The summed E-state index contributed by atoms with van der Waals surface area (Å²) in [7, 11) is 0. The monoisotopic (exact) mass is 248 g/mol. The third kappa shape index (κ3) is 3.61. The van der Waals surface area contributed by atoms with Gasteiger partial charge < -0.3 is 10.8 Å². The maximum atomic E-state index is 11.0. The summed E-state index contributed by atoms with van der Waals surface area (Å²) in [5.41, 5.74) is 4.81. The van der Waals surface area contributed by atoms with Gasteiger partial charge in [0.15, 0.2) is 0 Å². The van der Waals surface area contributed by atoms with Crippen molar-refractivity contribution in [2.24, 2.45) is 5.73 Å². The number of carboxylic acids is 1. The number of hydrogen-bond acceptors (Lipinski definition) is 4. The molecule has 3 N–H and O–H groups in total. The highest BCUT2D eigenvalue weighted by atomic mass is 16.6. The minimum atomic E-state index is -1.11. The van der Waals surface area contributed by atoms with Gasteiger partial charge in [-0.15, -0.1) is 0 Å². The first-order valence-corrected chi connectivity index (χ1v) is 4.70. The van der Waals surface area contributed by atoms with E-state index in [0.717, 1.165) is 12.1 Å². The summed E-state index contributed by atoms with van der Waals surface area (Å²) in [4.78, 5) is 31.2. The number of nitro benzene ring substituents is 1. The lowest BCUT2D eigenvalue weighted by molar-refractivity contribution is -0.384. The summed E-state index contributed by atoms with van der Waals surface area (Å²) >= 11 is 0. The van der Waals surface area contributed by atoms with Crippen LogP contribution < -0.4 is 5.73 Å². The number of carbonyl (C=O) groups is 2. The van der Waals surface area contributed by atoms with E-state index in [1.807, 2.05) is 0 Å². The molecule has 0 spiro atoms. The first-order valence-electron chi connectivity index (χ1n) is 4.70. The standard InChI is InChI=1S/C11H8N2O5/c12-11(16)8-4-7(2-1-3-10(14)15)5-9(6-8)13(17)18/h4-6H,3H2,(H2,12,16)(H,14,15). The zero-order chi connectivity index (χ0) is 13.7. The van der Waals surface area contributed by atoms with Crippen LogP contribution in [-0.2, 0) is 4.79 Å². The lowest BCUT2D eigenvalue weighted by Gasteiger charge is -1.98. The van der Waals surface area contributed by atoms with Crippen LogP contribution in [0.4, 0.5) is 5.69 Å². The van der Waals surface area contributed by atoms with Crippen LogP contribution in [0.1, 0.15) is 22.3 Å². The topological polar surface area (TPSA) is 124 Å². The molecule has 0 saturated heterocycles. The van der Waals surface area contributed by atoms with Crippen LogP contribution in [0.15, 0.2) is 18.2 Å². The molecule has 1 amide bonds. The highest BCUT2D eigenvalue weighted by molar-refractivity contribution is 5.93. The quantitative estimate of drug-likeness (QED) is 0.458. The Hall–Kier alpha value is -2.88. The lowest BCUT2D eigenvalue weighted by atomic mass is 10.1. The Morgan fingerprint density at radius 1 is 1.39 bits per heavy atom. The number of nitro groups is 1. The molecule has 92 valence electrons. The summed E-state index contributed by atoms with van der Waals surface area (Å²) in [5.74, 6) is 2.80. The van der Waals surface area contributed by atoms with Gasteiger partial charge in [0, 0.05) is 23.3 Å². The summed E-state index contributed by atoms with van der Waals surface area (Å²) < 4.78 is 0. The number of non-ortho nitro benzene ring substituents is 1. The number of hydrogen-bond donors (Lipinski definition) is 2. The van der Waals surface area contributed by atoms with Crippen LogP contribution in [0.3, 0.4) is 0 Å². The van der Waals surface area contributed by atoms with Crippen molar-refractivity contribution >= 4 is 17.6 Å². The van der Waals surface area contributed by atoms with Crippen LogP contribution in [0.5, 0.6) is 0 Å². The first kappa shape index (κ1) is 13.2. The molecular weight excluding hydrogens is 240 g/mol. The predicted octanol–water partition coefficient (Wildman–Crippen LogP) is 0.520. The van der Waals surface area contributed by atoms with Crippen LogP contribution in [0, 0.1) is 22.0 Å². The molecule has 0 atom stereocenters. The van der Waals surface area contributed by atoms with Crippen LogP contribution in [0.25, 0.3) is 0 Å². The predicted molar refractivity (Wildman–Crippen MR) is 60.7 cm³/mol. The average molecular weight is 248 g/mol. The van der Waals surface area contributed by atoms with Crippen molar-refractivity contribution in [1.29, 1.82) is 0 Å². The van der Waals surface area contributed by atoms with E-state index < -0.39 is 23.2 Å². The van der Waals surface area contributed by atoms with Gasteiger partial charge in [-0.25, -0.2) is 0 Å². The third-order valence-corrected chi connectivity index (χ3v) is 1.89. The van der Waals surface area contributed by atoms with E-state index in [1.54, 1.807) is 0 Å². The maximum Gasteiger partial charge on any atom is 0.315 e. The zero-order valence-electron chi connectivity index (χ0n) is 9.04. The smallest absolute Gasteiger partial charge is 0.315 e. The highest BCUT2D eigenvalue weighted by Crippen LogP contribution is 2.16. The largest absolute Gasteiger partial charge is 0.481 e. The van der Waals surface area contributed by atoms with Crippen molar-refractivity contribution < 1.29 is 19.6 Å². The number of aliphatic carboxylic acids is 1. The van der Waals surface area contributed by atoms with Crippen molar-refractivity contribution in [2.45, 2.75) is 6.42 Å². The maximum absolute atomic E-state index is 11.0. The van der Waals surface area contributed by atoms with Gasteiger partial charge in [-0.3, -0.25) is 19.7 Å². The summed E-state index contributed by atoms with van der Waals surface area (Å²) in [6.07, 6.45) is -0.394. The zero-order valence-corrected chi connectivity index (χ0v) is 9.04. The molecule has 0 unspecified atom stereocenters. The van der Waals surface area contributed by atoms with Crippen LogP contribution in [-0.4, -0.2) is 21.9 Å². The molecular formula is C11H8N2O5. The number of nitrogens with two attached hydrogens (primary N) is 1. The number of amides is 1. The minimum absolute atomic E-state index is 0.0520. The van der Waals surface area contributed by atoms with E-state index in [4.69, 9.17) is 10.8 Å². The van der Waals surface area contributed by atoms with E-state index in [-0.39, 0.29) is 16.8 Å². The second kappa shape index (κ2) is 5.45. The Bertz CT molecular complexity index is 551. The number of carbonyl (C=O) groups excluding carboxylic acids is 1. The van der Waals surface area contributed by atoms with Crippen molar-refractivity contribution in [3.63, 3.8) is 0 Å². The molecule has 0 bridgehead atoms. The fourth-order valence-electron chi connectivity index (χ4n) is 1.15. The second-order valence-corrected chi connectivity index (χ2v) is 3.26. The number of benzene rings is 1. The minimum Gasteiger partial charge on any atom is -0.481 e. The molecule has 0 aromatic heterocycles. The van der Waals surface area contributed by atoms with Crippen molar-refractivity contribution in [3.05, 3.63) is 39.4 Å². The number of rotatable bonds is 3. The summed E-state index contributed by atoms with van der Waals surface area (Å²) in [6.45, 7) is 0. The normalized spacial score (nSPS) is 9.11. The van der Waals surface area contributed by atoms with E-state index in [2.05, 4.69) is 11.8 Å². The van der Waals surface area contributed by atoms with Gasteiger partial charge in [0.1, 0.15) is 6.42 Å². The fourth-order valence-corrected chi connectivity index (χ4v) is 1.15. The Morgan fingerprint density at radius 2 is 2.06 bits per heavy atom. The second-order valence-electron chi connectivity index (χ2n) is 3.26. The molecule has 18 heavy (non-hydrogen) atoms. The number of carboxylic acid groups (broad SMARTS) is 1. The Balaban J connectivity index is 3.17. The van der Waals surface area contributed by atoms with Gasteiger partial charge in [0.05, 0.1) is 4.92 Å². The van der Waals surface area contributed by atoms with E-state index in [0.29, 0.717) is 0 Å². The van der Waals surface area contributed by atoms with Crippen LogP contribution >= 0.6 is 0 Å². The molecule has 1 aromatic carbocycles. The number of primary amides is 1. The lowest BCUT2D eigenvalue weighted by Crippen LogP contribution is -2.11. The van der Waals surface area contributed by atoms with Gasteiger partial charge >= 0.3 is 5.97 Å². The average Bonchev–Trinajstić information content (AvgIpc) is 2.28. The van der Waals surface area contributed by atoms with E-state index in [1.165, 1.54) is 6.07 Å². The van der Waals surface area contributed by atoms with Gasteiger partial charge in [0.2, 0.25) is 5.91 Å². The molecule has 1 rings (SSSR count). The first-order chi connectivity index (χ1) is 8.40. The fraction of sp³-hybridized carbons (Fsp3) is 0.0909. The molecule has 1 aromatic rings. The third-order valence-electron chi connectivity index (χ3n) is 1.89. The molecule has 0 radical (unpaired) electrons. The van der Waals surface area contributed by atoms with Crippen molar-refractivity contribution in [1.82, 2.24) is 0 Å². The van der Waals surface area contributed by atoms with E-state index >= 15 is 0 Å². The van der Waals surface area contributed by atoms with E-state index in [9.17, 15) is 19.7 Å². The molecule has 0 fully saturated rings. The summed E-state index contributed by atoms with van der Waals surface area (Å²) in [5, 5.41) is 19.0. The Kier molecular flexibility index (Phi) is 3.99. The van der Waals surface area contributed by atoms with Gasteiger partial charge in [0.25, 0.3) is 5.69 Å². The molecule has 7 heteroatoms. The van der Waals surface area contributed by atoms with Crippen LogP contribution in [0.2, 0.25) is 0 Å². The molecule has 7 nitrogen and oxygen atoms in total. The molecule has 0 aliphatic heterocycles. The van der Waals surface area contributed by atoms with Gasteiger partial charge in [-0.2, -0.15) is 0 Å².